The average molecular weight is 552 g/mol. The van der Waals surface area contributed by atoms with Crippen molar-refractivity contribution >= 4 is 45.6 Å². The molecule has 8 nitrogen and oxygen atoms in total. The van der Waals surface area contributed by atoms with Gasteiger partial charge in [-0.05, 0) is 49.9 Å². The number of ether oxygens (including phenoxy) is 2. The quantitative estimate of drug-likeness (QED) is 0.340. The third-order valence-electron chi connectivity index (χ3n) is 7.79. The predicted octanol–water partition coefficient (Wildman–Crippen LogP) is 5.85. The zero-order valence-corrected chi connectivity index (χ0v) is 22.3. The molecule has 3 aliphatic heterocycles. The molecule has 3 fully saturated rings. The summed E-state index contributed by atoms with van der Waals surface area (Å²) >= 11 is 5.96. The Bertz CT molecular complexity index is 1380. The molecular formula is C29H31ClFN5O3. The molecule has 2 N–H and O–H groups in total. The molecule has 4 heterocycles. The Balaban J connectivity index is 1.25. The van der Waals surface area contributed by atoms with Crippen molar-refractivity contribution in [1.29, 1.82) is 0 Å². The number of nitrogens with one attached hydrogen (secondary N) is 2. The first-order valence-electron chi connectivity index (χ1n) is 13.5. The van der Waals surface area contributed by atoms with E-state index >= 15 is 0 Å². The highest BCUT2D eigenvalue weighted by atomic mass is 35.5. The maximum atomic E-state index is 13.7. The van der Waals surface area contributed by atoms with Gasteiger partial charge in [0, 0.05) is 48.3 Å². The van der Waals surface area contributed by atoms with Crippen LogP contribution in [-0.2, 0) is 9.53 Å². The van der Waals surface area contributed by atoms with Crippen molar-refractivity contribution in [1.82, 2.24) is 14.9 Å². The molecule has 2 aromatic carbocycles. The van der Waals surface area contributed by atoms with Crippen LogP contribution < -0.4 is 15.4 Å². The summed E-state index contributed by atoms with van der Waals surface area (Å²) in [5, 5.41) is 6.84. The van der Waals surface area contributed by atoms with Gasteiger partial charge in [-0.1, -0.05) is 24.1 Å². The van der Waals surface area contributed by atoms with Crippen LogP contribution in [-0.4, -0.2) is 58.7 Å². The number of fused-ring (bicyclic) bond motifs is 3. The molecule has 3 saturated heterocycles. The zero-order valence-electron chi connectivity index (χ0n) is 21.5. The van der Waals surface area contributed by atoms with E-state index in [4.69, 9.17) is 21.1 Å². The number of carbonyl (C=O) groups is 1. The fourth-order valence-electron chi connectivity index (χ4n) is 5.85. The Kier molecular flexibility index (Phi) is 7.63. The summed E-state index contributed by atoms with van der Waals surface area (Å²) in [6.45, 7) is 1.91. The number of amides is 1. The standard InChI is InChI=1S/C29H31ClFN5O3/c30-23-13-18(6-9-24(23)31)34-29-22-14-26(27(15-25(22)32-17-33-29)39-21-10-12-38-16-21)35-28(37)5-2-11-36-19-3-1-4-20(36)8-7-19/h2,5-6,9,13-15,17,19-21H,1,3-4,7-8,10-12,16H2,(H,35,37)(H,32,33,34)/t19?,20?,21-/m0/s1. The van der Waals surface area contributed by atoms with Crippen LogP contribution in [0.3, 0.4) is 0 Å². The first kappa shape index (κ1) is 26.0. The lowest BCUT2D eigenvalue weighted by atomic mass is 10.0. The number of halogens is 2. The topological polar surface area (TPSA) is 88.6 Å². The Morgan fingerprint density at radius 1 is 1.15 bits per heavy atom. The predicted molar refractivity (Wildman–Crippen MR) is 149 cm³/mol. The lowest BCUT2D eigenvalue weighted by Crippen LogP contribution is -2.39. The largest absolute Gasteiger partial charge is 0.486 e. The van der Waals surface area contributed by atoms with E-state index in [-0.39, 0.29) is 17.0 Å². The number of hydrogen-bond acceptors (Lipinski definition) is 7. The second kappa shape index (κ2) is 11.5. The van der Waals surface area contributed by atoms with Gasteiger partial charge in [0.25, 0.3) is 0 Å². The highest BCUT2D eigenvalue weighted by Gasteiger charge is 2.35. The highest BCUT2D eigenvalue weighted by Crippen LogP contribution is 2.36. The summed E-state index contributed by atoms with van der Waals surface area (Å²) in [5.74, 6) is 0.273. The van der Waals surface area contributed by atoms with Gasteiger partial charge in [-0.15, -0.1) is 0 Å². The second-order valence-corrected chi connectivity index (χ2v) is 10.8. The fourth-order valence-corrected chi connectivity index (χ4v) is 6.03. The Morgan fingerprint density at radius 2 is 2.00 bits per heavy atom. The van der Waals surface area contributed by atoms with Crippen LogP contribution in [0.5, 0.6) is 5.75 Å². The molecule has 3 atom stereocenters. The van der Waals surface area contributed by atoms with E-state index in [9.17, 15) is 9.18 Å². The molecule has 3 aromatic rings. The van der Waals surface area contributed by atoms with Crippen molar-refractivity contribution in [3.05, 3.63) is 59.7 Å². The molecule has 0 radical (unpaired) electrons. The van der Waals surface area contributed by atoms with Crippen LogP contribution in [0, 0.1) is 5.82 Å². The van der Waals surface area contributed by atoms with Crippen molar-refractivity contribution in [3.63, 3.8) is 0 Å². The molecule has 2 bridgehead atoms. The van der Waals surface area contributed by atoms with E-state index in [1.165, 1.54) is 50.6 Å². The van der Waals surface area contributed by atoms with E-state index in [1.54, 1.807) is 24.3 Å². The van der Waals surface area contributed by atoms with Crippen LogP contribution in [0.2, 0.25) is 5.02 Å². The number of aromatic nitrogens is 2. The number of benzene rings is 2. The van der Waals surface area contributed by atoms with Gasteiger partial charge in [-0.25, -0.2) is 14.4 Å². The Hall–Kier alpha value is -3.27. The third-order valence-corrected chi connectivity index (χ3v) is 8.08. The van der Waals surface area contributed by atoms with Crippen LogP contribution >= 0.6 is 11.6 Å². The SMILES string of the molecule is O=C(C=CCN1C2CCCC1CC2)Nc1cc2c(Nc3ccc(F)c(Cl)c3)ncnc2cc1O[C@H]1CCOC1. The second-order valence-electron chi connectivity index (χ2n) is 10.3. The van der Waals surface area contributed by atoms with E-state index in [2.05, 4.69) is 25.5 Å². The minimum Gasteiger partial charge on any atom is -0.486 e. The molecule has 1 amide bonds. The van der Waals surface area contributed by atoms with Crippen molar-refractivity contribution in [2.45, 2.75) is 56.7 Å². The van der Waals surface area contributed by atoms with Gasteiger partial charge in [-0.2, -0.15) is 0 Å². The molecular weight excluding hydrogens is 521 g/mol. The molecule has 0 saturated carbocycles. The zero-order chi connectivity index (χ0) is 26.8. The summed E-state index contributed by atoms with van der Waals surface area (Å²) in [5.41, 5.74) is 1.71. The van der Waals surface area contributed by atoms with E-state index in [0.29, 0.717) is 59.1 Å². The third kappa shape index (κ3) is 5.85. The molecule has 0 spiro atoms. The van der Waals surface area contributed by atoms with Gasteiger partial charge < -0.3 is 20.1 Å². The summed E-state index contributed by atoms with van der Waals surface area (Å²) in [4.78, 5) is 24.3. The molecule has 0 aliphatic carbocycles. The number of hydrogen-bond donors (Lipinski definition) is 2. The van der Waals surface area contributed by atoms with Crippen molar-refractivity contribution < 1.29 is 18.7 Å². The highest BCUT2D eigenvalue weighted by molar-refractivity contribution is 6.31. The van der Waals surface area contributed by atoms with Gasteiger partial charge in [0.2, 0.25) is 5.91 Å². The summed E-state index contributed by atoms with van der Waals surface area (Å²) in [6, 6.07) is 9.24. The fraction of sp³-hybridized carbons (Fsp3) is 0.414. The normalized spacial score (nSPS) is 23.0. The van der Waals surface area contributed by atoms with Gasteiger partial charge in [-0.3, -0.25) is 9.69 Å². The molecule has 204 valence electrons. The van der Waals surface area contributed by atoms with E-state index in [1.807, 2.05) is 6.08 Å². The number of piperidine rings is 1. The number of anilines is 3. The number of rotatable bonds is 8. The summed E-state index contributed by atoms with van der Waals surface area (Å²) in [6.07, 6.45) is 12.0. The van der Waals surface area contributed by atoms with Crippen LogP contribution in [0.15, 0.2) is 48.8 Å². The summed E-state index contributed by atoms with van der Waals surface area (Å²) < 4.78 is 25.4. The first-order valence-corrected chi connectivity index (χ1v) is 13.9. The maximum absolute atomic E-state index is 13.7. The molecule has 1 aromatic heterocycles. The maximum Gasteiger partial charge on any atom is 0.248 e. The molecule has 39 heavy (non-hydrogen) atoms. The number of carbonyl (C=O) groups excluding carboxylic acids is 1. The lowest BCUT2D eigenvalue weighted by Gasteiger charge is -2.33. The van der Waals surface area contributed by atoms with Crippen molar-refractivity contribution in [3.8, 4) is 5.75 Å². The number of nitrogens with zero attached hydrogens (tertiary/aromatic N) is 3. The molecule has 6 rings (SSSR count). The van der Waals surface area contributed by atoms with Gasteiger partial charge in [0.1, 0.15) is 29.8 Å². The van der Waals surface area contributed by atoms with Gasteiger partial charge >= 0.3 is 0 Å². The Labute approximate surface area is 231 Å². The van der Waals surface area contributed by atoms with Crippen LogP contribution in [0.1, 0.15) is 38.5 Å². The first-order chi connectivity index (χ1) is 19.0. The monoisotopic (exact) mass is 551 g/mol. The smallest absolute Gasteiger partial charge is 0.248 e. The van der Waals surface area contributed by atoms with E-state index < -0.39 is 5.82 Å². The lowest BCUT2D eigenvalue weighted by molar-refractivity contribution is -0.111. The van der Waals surface area contributed by atoms with Crippen molar-refractivity contribution in [2.75, 3.05) is 30.4 Å². The molecule has 2 unspecified atom stereocenters. The molecule has 3 aliphatic rings. The summed E-state index contributed by atoms with van der Waals surface area (Å²) in [7, 11) is 0. The van der Waals surface area contributed by atoms with Crippen molar-refractivity contribution in [2.24, 2.45) is 0 Å². The van der Waals surface area contributed by atoms with Crippen LogP contribution in [0.4, 0.5) is 21.6 Å². The average Bonchev–Trinajstić information content (AvgIpc) is 3.50. The van der Waals surface area contributed by atoms with Gasteiger partial charge in [0.15, 0.2) is 0 Å². The van der Waals surface area contributed by atoms with Gasteiger partial charge in [0.05, 0.1) is 29.4 Å². The van der Waals surface area contributed by atoms with E-state index in [0.717, 1.165) is 13.0 Å². The van der Waals surface area contributed by atoms with Crippen LogP contribution in [0.25, 0.3) is 10.9 Å². The minimum absolute atomic E-state index is 0.00475. The Morgan fingerprint density at radius 3 is 2.77 bits per heavy atom. The minimum atomic E-state index is -0.501. The molecule has 10 heteroatoms.